The number of fused-ring (bicyclic) bond motifs is 1. The molecule has 8 heteroatoms. The van der Waals surface area contributed by atoms with E-state index < -0.39 is 0 Å². The molecule has 0 spiro atoms. The van der Waals surface area contributed by atoms with Crippen molar-refractivity contribution in [1.29, 1.82) is 0 Å². The average molecular weight is 436 g/mol. The zero-order valence-corrected chi connectivity index (χ0v) is 18.3. The number of benzene rings is 2. The maximum Gasteiger partial charge on any atom is 0.252 e. The van der Waals surface area contributed by atoms with Crippen molar-refractivity contribution < 1.29 is 9.53 Å². The van der Waals surface area contributed by atoms with Gasteiger partial charge in [-0.05, 0) is 55.8 Å². The van der Waals surface area contributed by atoms with Crippen molar-refractivity contribution in [2.24, 2.45) is 0 Å². The van der Waals surface area contributed by atoms with Gasteiger partial charge in [-0.15, -0.1) is 5.10 Å². The summed E-state index contributed by atoms with van der Waals surface area (Å²) >= 11 is 6.20. The molecule has 31 heavy (non-hydrogen) atoms. The van der Waals surface area contributed by atoms with E-state index in [0.29, 0.717) is 22.3 Å². The predicted octanol–water partition coefficient (Wildman–Crippen LogP) is 4.18. The van der Waals surface area contributed by atoms with E-state index in [4.69, 9.17) is 16.3 Å². The van der Waals surface area contributed by atoms with Gasteiger partial charge in [-0.1, -0.05) is 29.8 Å². The third kappa shape index (κ3) is 4.67. The Kier molecular flexibility index (Phi) is 5.86. The molecule has 2 aromatic carbocycles. The standard InChI is InChI=1S/C23H22ClN5O2/c1-15-11-16(2)29-23(25-15)26-21(27-29)14-28(19-6-4-5-18(24)13-19)22(30)12-17-7-9-20(31-3)10-8-17/h4-11,13H,12,14H2,1-3H3. The van der Waals surface area contributed by atoms with Gasteiger partial charge >= 0.3 is 0 Å². The van der Waals surface area contributed by atoms with Crippen LogP contribution < -0.4 is 9.64 Å². The molecule has 158 valence electrons. The van der Waals surface area contributed by atoms with Crippen LogP contribution in [0.2, 0.25) is 5.02 Å². The monoisotopic (exact) mass is 435 g/mol. The summed E-state index contributed by atoms with van der Waals surface area (Å²) in [6.45, 7) is 4.07. The van der Waals surface area contributed by atoms with E-state index in [9.17, 15) is 4.79 Å². The first-order valence-corrected chi connectivity index (χ1v) is 10.2. The fourth-order valence-corrected chi connectivity index (χ4v) is 3.58. The topological polar surface area (TPSA) is 72.6 Å². The predicted molar refractivity (Wildman–Crippen MR) is 120 cm³/mol. The lowest BCUT2D eigenvalue weighted by Crippen LogP contribution is -2.32. The number of aryl methyl sites for hydroxylation is 2. The zero-order chi connectivity index (χ0) is 22.0. The molecule has 0 aliphatic rings. The number of amides is 1. The van der Waals surface area contributed by atoms with Gasteiger partial charge < -0.3 is 9.64 Å². The maximum absolute atomic E-state index is 13.3. The van der Waals surface area contributed by atoms with Crippen molar-refractivity contribution in [1.82, 2.24) is 19.6 Å². The summed E-state index contributed by atoms with van der Waals surface area (Å²) in [5.74, 6) is 1.67. The highest BCUT2D eigenvalue weighted by molar-refractivity contribution is 6.30. The number of ether oxygens (including phenoxy) is 1. The molecule has 0 saturated carbocycles. The molecule has 4 aromatic rings. The van der Waals surface area contributed by atoms with Gasteiger partial charge in [-0.2, -0.15) is 4.98 Å². The number of hydrogen-bond donors (Lipinski definition) is 0. The second-order valence-corrected chi connectivity index (χ2v) is 7.70. The Morgan fingerprint density at radius 2 is 1.87 bits per heavy atom. The van der Waals surface area contributed by atoms with Gasteiger partial charge in [0.15, 0.2) is 5.82 Å². The lowest BCUT2D eigenvalue weighted by molar-refractivity contribution is -0.118. The van der Waals surface area contributed by atoms with Crippen LogP contribution in [0.4, 0.5) is 5.69 Å². The Hall–Kier alpha value is -3.45. The fraction of sp³-hybridized carbons (Fsp3) is 0.217. The van der Waals surface area contributed by atoms with Gasteiger partial charge in [0.2, 0.25) is 5.91 Å². The SMILES string of the molecule is COc1ccc(CC(=O)N(Cc2nc3nc(C)cc(C)n3n2)c2cccc(Cl)c2)cc1. The Bertz CT molecular complexity index is 1240. The highest BCUT2D eigenvalue weighted by Crippen LogP contribution is 2.23. The Balaban J connectivity index is 1.65. The van der Waals surface area contributed by atoms with Crippen LogP contribution in [0.5, 0.6) is 5.75 Å². The molecular formula is C23H22ClN5O2. The van der Waals surface area contributed by atoms with E-state index in [-0.39, 0.29) is 18.9 Å². The fourth-order valence-electron chi connectivity index (χ4n) is 3.40. The first kappa shape index (κ1) is 20.8. The van der Waals surface area contributed by atoms with Gasteiger partial charge in [0, 0.05) is 22.1 Å². The average Bonchev–Trinajstić information content (AvgIpc) is 3.15. The molecule has 2 aromatic heterocycles. The number of carbonyl (C=O) groups is 1. The van der Waals surface area contributed by atoms with E-state index in [1.54, 1.807) is 28.7 Å². The number of anilines is 1. The molecule has 0 radical (unpaired) electrons. The van der Waals surface area contributed by atoms with Gasteiger partial charge in [-0.25, -0.2) is 9.50 Å². The highest BCUT2D eigenvalue weighted by atomic mass is 35.5. The summed E-state index contributed by atoms with van der Waals surface area (Å²) in [5.41, 5.74) is 3.37. The normalized spacial score (nSPS) is 11.0. The van der Waals surface area contributed by atoms with Crippen molar-refractivity contribution >= 4 is 29.0 Å². The number of halogens is 1. The summed E-state index contributed by atoms with van der Waals surface area (Å²) in [6.07, 6.45) is 0.222. The summed E-state index contributed by atoms with van der Waals surface area (Å²) in [5, 5.41) is 5.10. The molecule has 0 fully saturated rings. The number of rotatable bonds is 6. The highest BCUT2D eigenvalue weighted by Gasteiger charge is 2.20. The van der Waals surface area contributed by atoms with Gasteiger partial charge in [0.25, 0.3) is 5.78 Å². The molecule has 0 atom stereocenters. The minimum absolute atomic E-state index is 0.0906. The maximum atomic E-state index is 13.3. The molecule has 1 amide bonds. The molecule has 0 aliphatic carbocycles. The van der Waals surface area contributed by atoms with Gasteiger partial charge in [0.05, 0.1) is 20.1 Å². The third-order valence-electron chi connectivity index (χ3n) is 4.90. The van der Waals surface area contributed by atoms with Crippen molar-refractivity contribution in [2.45, 2.75) is 26.8 Å². The summed E-state index contributed by atoms with van der Waals surface area (Å²) in [4.78, 5) is 23.9. The van der Waals surface area contributed by atoms with Gasteiger partial charge in [0.1, 0.15) is 5.75 Å². The van der Waals surface area contributed by atoms with E-state index in [1.165, 1.54) is 0 Å². The summed E-state index contributed by atoms with van der Waals surface area (Å²) in [7, 11) is 1.61. The van der Waals surface area contributed by atoms with E-state index in [0.717, 1.165) is 22.7 Å². The number of aromatic nitrogens is 4. The summed E-state index contributed by atoms with van der Waals surface area (Å²) in [6, 6.07) is 16.6. The molecule has 7 nitrogen and oxygen atoms in total. The number of carbonyl (C=O) groups excluding carboxylic acids is 1. The second kappa shape index (κ2) is 8.73. The quantitative estimate of drug-likeness (QED) is 0.454. The largest absolute Gasteiger partial charge is 0.497 e. The van der Waals surface area contributed by atoms with Crippen LogP contribution in [0.25, 0.3) is 5.78 Å². The first-order valence-electron chi connectivity index (χ1n) is 9.81. The molecule has 0 unspecified atom stereocenters. The van der Waals surface area contributed by atoms with Crippen LogP contribution in [-0.2, 0) is 17.8 Å². The van der Waals surface area contributed by atoms with Crippen molar-refractivity contribution in [2.75, 3.05) is 12.0 Å². The minimum atomic E-state index is -0.0906. The molecule has 0 aliphatic heterocycles. The minimum Gasteiger partial charge on any atom is -0.497 e. The molecule has 2 heterocycles. The Morgan fingerprint density at radius 1 is 1.10 bits per heavy atom. The lowest BCUT2D eigenvalue weighted by Gasteiger charge is -2.22. The molecule has 0 N–H and O–H groups in total. The van der Waals surface area contributed by atoms with E-state index >= 15 is 0 Å². The van der Waals surface area contributed by atoms with Crippen LogP contribution in [0.1, 0.15) is 22.8 Å². The Labute approximate surface area is 185 Å². The van der Waals surface area contributed by atoms with Crippen LogP contribution in [0, 0.1) is 13.8 Å². The van der Waals surface area contributed by atoms with Crippen LogP contribution >= 0.6 is 11.6 Å². The first-order chi connectivity index (χ1) is 14.9. The van der Waals surface area contributed by atoms with Crippen molar-refractivity contribution in [3.8, 4) is 5.75 Å². The third-order valence-corrected chi connectivity index (χ3v) is 5.13. The number of hydrogen-bond acceptors (Lipinski definition) is 5. The zero-order valence-electron chi connectivity index (χ0n) is 17.5. The van der Waals surface area contributed by atoms with Crippen molar-refractivity contribution in [3.63, 3.8) is 0 Å². The smallest absolute Gasteiger partial charge is 0.252 e. The van der Waals surface area contributed by atoms with Gasteiger partial charge in [-0.3, -0.25) is 4.79 Å². The van der Waals surface area contributed by atoms with E-state index in [1.807, 2.05) is 56.3 Å². The summed E-state index contributed by atoms with van der Waals surface area (Å²) < 4.78 is 6.88. The second-order valence-electron chi connectivity index (χ2n) is 7.26. The van der Waals surface area contributed by atoms with Crippen LogP contribution in [0.3, 0.4) is 0 Å². The van der Waals surface area contributed by atoms with E-state index in [2.05, 4.69) is 15.1 Å². The van der Waals surface area contributed by atoms with Crippen LogP contribution in [-0.4, -0.2) is 32.6 Å². The molecular weight excluding hydrogens is 414 g/mol. The molecule has 0 saturated heterocycles. The van der Waals surface area contributed by atoms with Crippen LogP contribution in [0.15, 0.2) is 54.6 Å². The number of methoxy groups -OCH3 is 1. The molecule has 4 rings (SSSR count). The lowest BCUT2D eigenvalue weighted by atomic mass is 10.1. The number of nitrogens with zero attached hydrogens (tertiary/aromatic N) is 5. The van der Waals surface area contributed by atoms with Crippen molar-refractivity contribution in [3.05, 3.63) is 82.4 Å². The Morgan fingerprint density at radius 3 is 2.58 bits per heavy atom. The molecule has 0 bridgehead atoms.